The van der Waals surface area contributed by atoms with Gasteiger partial charge in [-0.15, -0.1) is 0 Å². The molecule has 2 rings (SSSR count). The molecular formula is C15H28N4O. The third-order valence-electron chi connectivity index (χ3n) is 3.84. The Morgan fingerprint density at radius 3 is 2.85 bits per heavy atom. The fourth-order valence-electron chi connectivity index (χ4n) is 2.60. The van der Waals surface area contributed by atoms with Gasteiger partial charge in [0.25, 0.3) is 0 Å². The molecule has 1 N–H and O–H groups in total. The van der Waals surface area contributed by atoms with Crippen molar-refractivity contribution in [2.75, 3.05) is 19.8 Å². The van der Waals surface area contributed by atoms with Crippen molar-refractivity contribution in [3.63, 3.8) is 0 Å². The number of ether oxygens (including phenoxy) is 1. The van der Waals surface area contributed by atoms with E-state index in [0.717, 1.165) is 51.4 Å². The van der Waals surface area contributed by atoms with Gasteiger partial charge in [-0.25, -0.2) is 4.98 Å². The fraction of sp³-hybridized carbons (Fsp3) is 0.867. The average molecular weight is 280 g/mol. The predicted molar refractivity (Wildman–Crippen MR) is 79.6 cm³/mol. The molecule has 5 heteroatoms. The van der Waals surface area contributed by atoms with E-state index in [4.69, 9.17) is 4.74 Å². The average Bonchev–Trinajstić information content (AvgIpc) is 2.98. The van der Waals surface area contributed by atoms with Crippen molar-refractivity contribution in [1.82, 2.24) is 20.1 Å². The van der Waals surface area contributed by atoms with Gasteiger partial charge in [-0.2, -0.15) is 5.10 Å². The van der Waals surface area contributed by atoms with Crippen LogP contribution < -0.4 is 5.32 Å². The summed E-state index contributed by atoms with van der Waals surface area (Å²) in [6, 6.07) is 0. The highest BCUT2D eigenvalue weighted by Crippen LogP contribution is 2.32. The van der Waals surface area contributed by atoms with Gasteiger partial charge in [-0.05, 0) is 33.6 Å². The summed E-state index contributed by atoms with van der Waals surface area (Å²) in [4.78, 5) is 4.46. The van der Waals surface area contributed by atoms with Gasteiger partial charge >= 0.3 is 0 Å². The first kappa shape index (κ1) is 15.4. The van der Waals surface area contributed by atoms with Crippen LogP contribution in [0.3, 0.4) is 0 Å². The number of nitrogens with one attached hydrogen (secondary N) is 1. The number of aryl methyl sites for hydroxylation is 1. The largest absolute Gasteiger partial charge is 0.381 e. The van der Waals surface area contributed by atoms with Crippen molar-refractivity contribution in [1.29, 1.82) is 0 Å². The van der Waals surface area contributed by atoms with Gasteiger partial charge in [0.15, 0.2) is 0 Å². The molecule has 1 aliphatic heterocycles. The molecule has 5 nitrogen and oxygen atoms in total. The van der Waals surface area contributed by atoms with Crippen molar-refractivity contribution < 1.29 is 4.74 Å². The Morgan fingerprint density at radius 1 is 1.45 bits per heavy atom. The number of aromatic nitrogens is 3. The maximum Gasteiger partial charge on any atom is 0.138 e. The Morgan fingerprint density at radius 2 is 2.25 bits per heavy atom. The van der Waals surface area contributed by atoms with Gasteiger partial charge in [-0.1, -0.05) is 6.92 Å². The van der Waals surface area contributed by atoms with Crippen LogP contribution in [0.5, 0.6) is 0 Å². The molecule has 20 heavy (non-hydrogen) atoms. The molecule has 0 aromatic carbocycles. The minimum absolute atomic E-state index is 0.132. The molecule has 0 bridgehead atoms. The van der Waals surface area contributed by atoms with Crippen LogP contribution in [0, 0.1) is 5.41 Å². The van der Waals surface area contributed by atoms with Gasteiger partial charge in [0.2, 0.25) is 0 Å². The van der Waals surface area contributed by atoms with Crippen molar-refractivity contribution >= 4 is 0 Å². The van der Waals surface area contributed by atoms with E-state index in [1.165, 1.54) is 0 Å². The summed E-state index contributed by atoms with van der Waals surface area (Å²) in [6.45, 7) is 12.4. The molecular weight excluding hydrogens is 252 g/mol. The summed E-state index contributed by atoms with van der Waals surface area (Å²) in [5.41, 5.74) is 0.290. The second-order valence-electron chi connectivity index (χ2n) is 6.98. The van der Waals surface area contributed by atoms with Crippen LogP contribution in [0.15, 0.2) is 6.33 Å². The van der Waals surface area contributed by atoms with E-state index in [1.807, 2.05) is 4.68 Å². The van der Waals surface area contributed by atoms with Gasteiger partial charge in [0.05, 0.1) is 6.61 Å². The molecule has 0 amide bonds. The van der Waals surface area contributed by atoms with Crippen molar-refractivity contribution in [3.8, 4) is 0 Å². The van der Waals surface area contributed by atoms with E-state index in [0.29, 0.717) is 0 Å². The summed E-state index contributed by atoms with van der Waals surface area (Å²) < 4.78 is 7.72. The summed E-state index contributed by atoms with van der Waals surface area (Å²) >= 11 is 0. The predicted octanol–water partition coefficient (Wildman–Crippen LogP) is 2.03. The Hall–Kier alpha value is -0.940. The Labute approximate surface area is 122 Å². The highest BCUT2D eigenvalue weighted by Gasteiger charge is 2.37. The third-order valence-corrected chi connectivity index (χ3v) is 3.84. The molecule has 1 atom stereocenters. The lowest BCUT2D eigenvalue weighted by atomic mass is 9.82. The topological polar surface area (TPSA) is 52.0 Å². The summed E-state index contributed by atoms with van der Waals surface area (Å²) in [7, 11) is 0. The second-order valence-corrected chi connectivity index (χ2v) is 6.98. The fourth-order valence-corrected chi connectivity index (χ4v) is 2.60. The summed E-state index contributed by atoms with van der Waals surface area (Å²) in [5, 5.41) is 7.96. The molecule has 0 saturated carbocycles. The van der Waals surface area contributed by atoms with Crippen molar-refractivity contribution in [2.45, 2.75) is 59.0 Å². The summed E-state index contributed by atoms with van der Waals surface area (Å²) in [5.74, 6) is 1.09. The quantitative estimate of drug-likeness (QED) is 0.866. The van der Waals surface area contributed by atoms with Crippen molar-refractivity contribution in [3.05, 3.63) is 12.2 Å². The van der Waals surface area contributed by atoms with E-state index >= 15 is 0 Å². The first-order chi connectivity index (χ1) is 9.44. The molecule has 1 fully saturated rings. The molecule has 1 aromatic rings. The molecule has 0 spiro atoms. The van der Waals surface area contributed by atoms with E-state index in [1.54, 1.807) is 6.33 Å². The molecule has 1 aromatic heterocycles. The van der Waals surface area contributed by atoms with Crippen LogP contribution in [0.25, 0.3) is 0 Å². The van der Waals surface area contributed by atoms with E-state index in [2.05, 4.69) is 43.1 Å². The van der Waals surface area contributed by atoms with Gasteiger partial charge in [0.1, 0.15) is 12.2 Å². The maximum atomic E-state index is 5.68. The molecule has 1 saturated heterocycles. The van der Waals surface area contributed by atoms with E-state index in [9.17, 15) is 0 Å². The van der Waals surface area contributed by atoms with Crippen LogP contribution in [-0.4, -0.2) is 40.1 Å². The van der Waals surface area contributed by atoms with Crippen molar-refractivity contribution in [2.24, 2.45) is 5.41 Å². The molecule has 1 aliphatic rings. The zero-order chi connectivity index (χ0) is 14.6. The third kappa shape index (κ3) is 4.03. The zero-order valence-corrected chi connectivity index (χ0v) is 13.3. The number of hydrogen-bond donors (Lipinski definition) is 1. The standard InChI is InChI=1S/C15H28N4O/c1-5-7-19-13(16-12-18-19)9-15(6-8-20-11-15)10-17-14(2,3)4/h12,17H,5-11H2,1-4H3. The molecule has 0 radical (unpaired) electrons. The van der Waals surface area contributed by atoms with Gasteiger partial charge < -0.3 is 10.1 Å². The SMILES string of the molecule is CCCn1ncnc1CC1(CNC(C)(C)C)CCOC1. The zero-order valence-electron chi connectivity index (χ0n) is 13.3. The number of nitrogens with zero attached hydrogens (tertiary/aromatic N) is 3. The lowest BCUT2D eigenvalue weighted by molar-refractivity contribution is 0.141. The molecule has 0 aliphatic carbocycles. The van der Waals surface area contributed by atoms with Crippen LogP contribution in [0.2, 0.25) is 0 Å². The van der Waals surface area contributed by atoms with Crippen LogP contribution in [0.1, 0.15) is 46.4 Å². The van der Waals surface area contributed by atoms with Crippen LogP contribution >= 0.6 is 0 Å². The van der Waals surface area contributed by atoms with Gasteiger partial charge in [-0.3, -0.25) is 4.68 Å². The minimum Gasteiger partial charge on any atom is -0.381 e. The number of hydrogen-bond acceptors (Lipinski definition) is 4. The minimum atomic E-state index is 0.132. The Kier molecular flexibility index (Phi) is 4.81. The lowest BCUT2D eigenvalue weighted by Gasteiger charge is -2.32. The van der Waals surface area contributed by atoms with Crippen LogP contribution in [0.4, 0.5) is 0 Å². The molecule has 114 valence electrons. The second kappa shape index (κ2) is 6.22. The first-order valence-corrected chi connectivity index (χ1v) is 7.64. The normalized spacial score (nSPS) is 23.4. The number of rotatable bonds is 6. The smallest absolute Gasteiger partial charge is 0.138 e. The maximum absolute atomic E-state index is 5.68. The molecule has 2 heterocycles. The first-order valence-electron chi connectivity index (χ1n) is 7.64. The van der Waals surface area contributed by atoms with E-state index in [-0.39, 0.29) is 11.0 Å². The Bertz CT molecular complexity index is 416. The summed E-state index contributed by atoms with van der Waals surface area (Å²) in [6.07, 6.45) is 4.79. The lowest BCUT2D eigenvalue weighted by Crippen LogP contribution is -2.45. The Balaban J connectivity index is 2.06. The van der Waals surface area contributed by atoms with Gasteiger partial charge in [0, 0.05) is 37.1 Å². The highest BCUT2D eigenvalue weighted by molar-refractivity contribution is 4.98. The molecule has 1 unspecified atom stereocenters. The van der Waals surface area contributed by atoms with E-state index < -0.39 is 0 Å². The highest BCUT2D eigenvalue weighted by atomic mass is 16.5. The monoisotopic (exact) mass is 280 g/mol. The van der Waals surface area contributed by atoms with Crippen LogP contribution in [-0.2, 0) is 17.7 Å².